The molecule has 0 aliphatic carbocycles. The topological polar surface area (TPSA) is 26.3 Å². The molecule has 3 aromatic carbocycles. The van der Waals surface area contributed by atoms with Crippen LogP contribution in [0.5, 0.6) is 5.75 Å². The van der Waals surface area contributed by atoms with Crippen LogP contribution >= 0.6 is 8.58 Å². The second-order valence-electron chi connectivity index (χ2n) is 11.0. The van der Waals surface area contributed by atoms with E-state index >= 15 is 0 Å². The van der Waals surface area contributed by atoms with Gasteiger partial charge in [-0.1, -0.05) is 115 Å². The number of rotatable bonds is 9. The fraction of sp³-hybridized carbons (Fsp3) is 0.406. The quantitative estimate of drug-likeness (QED) is 0.223. The summed E-state index contributed by atoms with van der Waals surface area (Å²) in [5.74, 6) is 1.14. The van der Waals surface area contributed by atoms with Crippen molar-refractivity contribution in [3.63, 3.8) is 0 Å². The van der Waals surface area contributed by atoms with Crippen molar-refractivity contribution in [3.8, 4) is 5.75 Å². The minimum Gasteiger partial charge on any atom is -0.488 e. The lowest BCUT2D eigenvalue weighted by atomic mass is 9.81. The van der Waals surface area contributed by atoms with Crippen LogP contribution in [-0.4, -0.2) is 5.78 Å². The van der Waals surface area contributed by atoms with Crippen LogP contribution in [0, 0.1) is 13.8 Å². The van der Waals surface area contributed by atoms with E-state index in [4.69, 9.17) is 4.74 Å². The fourth-order valence-corrected chi connectivity index (χ4v) is 6.58. The zero-order chi connectivity index (χ0) is 25.8. The summed E-state index contributed by atoms with van der Waals surface area (Å²) in [5, 5.41) is 0.999. The predicted octanol–water partition coefficient (Wildman–Crippen LogP) is 8.40. The minimum absolute atomic E-state index is 0.0581. The fourth-order valence-electron chi connectivity index (χ4n) is 4.75. The maximum Gasteiger partial charge on any atom is 0.160 e. The van der Waals surface area contributed by atoms with Gasteiger partial charge in [-0.25, -0.2) is 0 Å². The number of ketones is 1. The van der Waals surface area contributed by atoms with Crippen LogP contribution in [0.15, 0.2) is 60.7 Å². The number of aryl methyl sites for hydroxylation is 2. The molecule has 2 nitrogen and oxygen atoms in total. The standard InChI is InChI=1S/C32H41O2P/c1-9-17-32(8,35-29-16-15-22(2)18-26(29)24(4)33)28-20-23(3)19-27(31(5,6)7)30(28)34-21-25-13-11-10-12-14-25/h10-16,18-20,35H,9,17,21H2,1-8H3. The van der Waals surface area contributed by atoms with Gasteiger partial charge in [0.2, 0.25) is 0 Å². The Morgan fingerprint density at radius 3 is 2.14 bits per heavy atom. The number of hydrogen-bond acceptors (Lipinski definition) is 2. The van der Waals surface area contributed by atoms with Gasteiger partial charge >= 0.3 is 0 Å². The lowest BCUT2D eigenvalue weighted by Crippen LogP contribution is -2.25. The minimum atomic E-state index is -0.147. The van der Waals surface area contributed by atoms with Crippen LogP contribution < -0.4 is 10.0 Å². The molecule has 3 heteroatoms. The van der Waals surface area contributed by atoms with Crippen molar-refractivity contribution in [2.45, 2.75) is 85.4 Å². The molecule has 0 amide bonds. The summed E-state index contributed by atoms with van der Waals surface area (Å²) in [7, 11) is 0.463. The maximum absolute atomic E-state index is 12.5. The molecule has 0 bridgehead atoms. The molecule has 0 saturated heterocycles. The largest absolute Gasteiger partial charge is 0.488 e. The SMILES string of the molecule is CCCC(C)(Pc1ccc(C)cc1C(C)=O)c1cc(C)cc(C(C)(C)C)c1OCc1ccccc1. The molecule has 0 aliphatic heterocycles. The summed E-state index contributed by atoms with van der Waals surface area (Å²) < 4.78 is 6.70. The normalized spacial score (nSPS) is 13.7. The molecule has 2 unspecified atom stereocenters. The number of benzene rings is 3. The zero-order valence-electron chi connectivity index (χ0n) is 22.7. The van der Waals surface area contributed by atoms with E-state index in [2.05, 4.69) is 97.0 Å². The van der Waals surface area contributed by atoms with Crippen molar-refractivity contribution in [1.82, 2.24) is 0 Å². The average Bonchev–Trinajstić information content (AvgIpc) is 2.79. The number of carbonyl (C=O) groups excluding carboxylic acids is 1. The molecule has 2 atom stereocenters. The van der Waals surface area contributed by atoms with E-state index in [1.54, 1.807) is 6.92 Å². The Morgan fingerprint density at radius 1 is 0.886 bits per heavy atom. The average molecular weight is 489 g/mol. The van der Waals surface area contributed by atoms with E-state index in [-0.39, 0.29) is 16.4 Å². The third-order valence-corrected chi connectivity index (χ3v) is 8.35. The van der Waals surface area contributed by atoms with Crippen molar-refractivity contribution in [3.05, 3.63) is 94.0 Å². The summed E-state index contributed by atoms with van der Waals surface area (Å²) in [5.41, 5.74) is 6.83. The smallest absolute Gasteiger partial charge is 0.160 e. The first-order valence-corrected chi connectivity index (χ1v) is 13.7. The van der Waals surface area contributed by atoms with Gasteiger partial charge in [0.1, 0.15) is 12.4 Å². The van der Waals surface area contributed by atoms with Gasteiger partial charge in [0.15, 0.2) is 5.78 Å². The van der Waals surface area contributed by atoms with Crippen LogP contribution in [0.1, 0.15) is 92.6 Å². The molecule has 186 valence electrons. The Bertz CT molecular complexity index is 1170. The lowest BCUT2D eigenvalue weighted by Gasteiger charge is -2.35. The summed E-state index contributed by atoms with van der Waals surface area (Å²) in [6, 6.07) is 21.3. The third kappa shape index (κ3) is 6.62. The van der Waals surface area contributed by atoms with E-state index in [1.165, 1.54) is 16.7 Å². The van der Waals surface area contributed by atoms with Crippen LogP contribution in [0.25, 0.3) is 0 Å². The van der Waals surface area contributed by atoms with Gasteiger partial charge in [-0.05, 0) is 49.5 Å². The highest BCUT2D eigenvalue weighted by Crippen LogP contribution is 2.51. The second-order valence-corrected chi connectivity index (χ2v) is 12.9. The van der Waals surface area contributed by atoms with Gasteiger partial charge in [-0.3, -0.25) is 4.79 Å². The molecular formula is C32H41O2P. The molecule has 0 fully saturated rings. The van der Waals surface area contributed by atoms with Crippen LogP contribution in [0.3, 0.4) is 0 Å². The molecule has 0 saturated carbocycles. The Kier molecular flexibility index (Phi) is 8.60. The van der Waals surface area contributed by atoms with Gasteiger partial charge in [-0.2, -0.15) is 0 Å². The van der Waals surface area contributed by atoms with Crippen LogP contribution in [-0.2, 0) is 17.2 Å². The van der Waals surface area contributed by atoms with Gasteiger partial charge in [-0.15, -0.1) is 0 Å². The van der Waals surface area contributed by atoms with Crippen LogP contribution in [0.4, 0.5) is 0 Å². The van der Waals surface area contributed by atoms with Crippen molar-refractivity contribution >= 4 is 19.7 Å². The molecular weight excluding hydrogens is 447 g/mol. The predicted molar refractivity (Wildman–Crippen MR) is 152 cm³/mol. The van der Waals surface area contributed by atoms with E-state index in [1.807, 2.05) is 12.1 Å². The Labute approximate surface area is 214 Å². The van der Waals surface area contributed by atoms with Gasteiger partial charge < -0.3 is 4.74 Å². The Balaban J connectivity index is 2.18. The molecule has 0 radical (unpaired) electrons. The zero-order valence-corrected chi connectivity index (χ0v) is 23.7. The first-order valence-electron chi connectivity index (χ1n) is 12.7. The van der Waals surface area contributed by atoms with Crippen molar-refractivity contribution < 1.29 is 9.53 Å². The van der Waals surface area contributed by atoms with Crippen LogP contribution in [0.2, 0.25) is 0 Å². The molecule has 0 aromatic heterocycles. The number of ether oxygens (including phenoxy) is 1. The molecule has 35 heavy (non-hydrogen) atoms. The van der Waals surface area contributed by atoms with E-state index < -0.39 is 0 Å². The number of carbonyl (C=O) groups is 1. The monoisotopic (exact) mass is 488 g/mol. The molecule has 0 aliphatic rings. The highest BCUT2D eigenvalue weighted by molar-refractivity contribution is 7.48. The Morgan fingerprint density at radius 2 is 1.54 bits per heavy atom. The molecule has 3 rings (SSSR count). The Hall–Kier alpha value is -2.44. The summed E-state index contributed by atoms with van der Waals surface area (Å²) in [6.07, 6.45) is 2.08. The third-order valence-electron chi connectivity index (χ3n) is 6.58. The van der Waals surface area contributed by atoms with E-state index in [0.717, 1.165) is 40.6 Å². The molecule has 3 aromatic rings. The molecule has 0 heterocycles. The molecule has 0 spiro atoms. The van der Waals surface area contributed by atoms with Crippen molar-refractivity contribution in [2.75, 3.05) is 0 Å². The van der Waals surface area contributed by atoms with Gasteiger partial charge in [0.25, 0.3) is 0 Å². The lowest BCUT2D eigenvalue weighted by molar-refractivity contribution is 0.101. The number of hydrogen-bond donors (Lipinski definition) is 0. The number of Topliss-reactive ketones (excluding diaryl/α,β-unsaturated/α-hetero) is 1. The van der Waals surface area contributed by atoms with E-state index in [0.29, 0.717) is 15.2 Å². The maximum atomic E-state index is 12.5. The molecule has 0 N–H and O–H groups in total. The highest BCUT2D eigenvalue weighted by atomic mass is 31.1. The first kappa shape index (κ1) is 27.2. The highest BCUT2D eigenvalue weighted by Gasteiger charge is 2.34. The van der Waals surface area contributed by atoms with Gasteiger partial charge in [0, 0.05) is 21.8 Å². The summed E-state index contributed by atoms with van der Waals surface area (Å²) in [6.45, 7) is 17.8. The van der Waals surface area contributed by atoms with Gasteiger partial charge in [0.05, 0.1) is 0 Å². The first-order chi connectivity index (χ1) is 16.4. The second kappa shape index (κ2) is 11.1. The van der Waals surface area contributed by atoms with Crippen molar-refractivity contribution in [1.29, 1.82) is 0 Å². The summed E-state index contributed by atoms with van der Waals surface area (Å²) in [4.78, 5) is 12.5. The van der Waals surface area contributed by atoms with E-state index in [9.17, 15) is 4.79 Å². The summed E-state index contributed by atoms with van der Waals surface area (Å²) >= 11 is 0. The van der Waals surface area contributed by atoms with Crippen molar-refractivity contribution in [2.24, 2.45) is 0 Å².